The Morgan fingerprint density at radius 2 is 2.00 bits per heavy atom. The summed E-state index contributed by atoms with van der Waals surface area (Å²) in [5, 5.41) is 0.991. The molecule has 2 nitrogen and oxygen atoms in total. The van der Waals surface area contributed by atoms with E-state index in [9.17, 15) is 0 Å². The summed E-state index contributed by atoms with van der Waals surface area (Å²) in [6.07, 6.45) is 3.55. The molecule has 0 bridgehead atoms. The van der Waals surface area contributed by atoms with E-state index >= 15 is 0 Å². The van der Waals surface area contributed by atoms with Crippen molar-refractivity contribution in [2.75, 3.05) is 5.33 Å². The standard InChI is InChI=1S/C18H19BrO2/c19-11-10-16-7-6-15-12-17(8-9-18(15)21-16)20-13-14-4-2-1-3-5-14/h1-5,8-9,12,16H,6-7,10-11,13H2. The monoisotopic (exact) mass is 346 g/mol. The first-order valence-electron chi connectivity index (χ1n) is 7.37. The lowest BCUT2D eigenvalue weighted by Crippen LogP contribution is -2.22. The second-order valence-electron chi connectivity index (χ2n) is 5.30. The third-order valence-corrected chi connectivity index (χ3v) is 4.20. The van der Waals surface area contributed by atoms with E-state index in [1.54, 1.807) is 0 Å². The van der Waals surface area contributed by atoms with Crippen LogP contribution in [0.4, 0.5) is 0 Å². The molecular weight excluding hydrogens is 328 g/mol. The van der Waals surface area contributed by atoms with E-state index in [2.05, 4.69) is 34.1 Å². The minimum absolute atomic E-state index is 0.341. The topological polar surface area (TPSA) is 18.5 Å². The van der Waals surface area contributed by atoms with Gasteiger partial charge >= 0.3 is 0 Å². The highest BCUT2D eigenvalue weighted by atomic mass is 79.9. The van der Waals surface area contributed by atoms with Crippen LogP contribution < -0.4 is 9.47 Å². The van der Waals surface area contributed by atoms with E-state index < -0.39 is 0 Å². The van der Waals surface area contributed by atoms with Crippen molar-refractivity contribution in [1.29, 1.82) is 0 Å². The largest absolute Gasteiger partial charge is 0.490 e. The predicted molar refractivity (Wildman–Crippen MR) is 88.4 cm³/mol. The van der Waals surface area contributed by atoms with Crippen LogP contribution in [0.5, 0.6) is 11.5 Å². The van der Waals surface area contributed by atoms with Crippen LogP contribution in [-0.2, 0) is 13.0 Å². The highest BCUT2D eigenvalue weighted by molar-refractivity contribution is 9.09. The lowest BCUT2D eigenvalue weighted by atomic mass is 10.0. The van der Waals surface area contributed by atoms with Crippen LogP contribution in [0.1, 0.15) is 24.0 Å². The molecule has 3 rings (SSSR count). The number of hydrogen-bond donors (Lipinski definition) is 0. The Kier molecular flexibility index (Phi) is 4.81. The van der Waals surface area contributed by atoms with E-state index in [0.29, 0.717) is 12.7 Å². The Morgan fingerprint density at radius 3 is 2.81 bits per heavy atom. The summed E-state index contributed by atoms with van der Waals surface area (Å²) in [4.78, 5) is 0. The molecule has 0 amide bonds. The molecule has 1 heterocycles. The van der Waals surface area contributed by atoms with Crippen molar-refractivity contribution in [3.05, 3.63) is 59.7 Å². The Hall–Kier alpha value is -1.48. The van der Waals surface area contributed by atoms with Crippen molar-refractivity contribution < 1.29 is 9.47 Å². The molecule has 110 valence electrons. The second-order valence-corrected chi connectivity index (χ2v) is 6.09. The molecule has 2 aromatic rings. The maximum Gasteiger partial charge on any atom is 0.123 e. The lowest BCUT2D eigenvalue weighted by Gasteiger charge is -2.26. The van der Waals surface area contributed by atoms with Gasteiger partial charge in [0.05, 0.1) is 6.10 Å². The third-order valence-electron chi connectivity index (χ3n) is 3.74. The number of ether oxygens (including phenoxy) is 2. The van der Waals surface area contributed by atoms with Gasteiger partial charge < -0.3 is 9.47 Å². The zero-order valence-corrected chi connectivity index (χ0v) is 13.5. The van der Waals surface area contributed by atoms with E-state index in [4.69, 9.17) is 9.47 Å². The fourth-order valence-corrected chi connectivity index (χ4v) is 3.09. The van der Waals surface area contributed by atoms with Crippen molar-refractivity contribution in [3.8, 4) is 11.5 Å². The first-order chi connectivity index (χ1) is 10.3. The molecule has 0 aliphatic carbocycles. The number of hydrogen-bond acceptors (Lipinski definition) is 2. The van der Waals surface area contributed by atoms with Gasteiger partial charge in [-0.05, 0) is 48.6 Å². The van der Waals surface area contributed by atoms with Gasteiger partial charge in [-0.15, -0.1) is 0 Å². The predicted octanol–water partition coefficient (Wildman–Crippen LogP) is 4.74. The fraction of sp³-hybridized carbons (Fsp3) is 0.333. The van der Waals surface area contributed by atoms with Gasteiger partial charge in [0, 0.05) is 5.33 Å². The van der Waals surface area contributed by atoms with Crippen LogP contribution >= 0.6 is 15.9 Å². The highest BCUT2D eigenvalue weighted by Crippen LogP contribution is 2.32. The molecule has 0 fully saturated rings. The first kappa shape index (κ1) is 14.5. The van der Waals surface area contributed by atoms with Crippen LogP contribution in [0.2, 0.25) is 0 Å². The number of benzene rings is 2. The first-order valence-corrected chi connectivity index (χ1v) is 8.49. The molecule has 0 saturated carbocycles. The van der Waals surface area contributed by atoms with Crippen LogP contribution in [0.25, 0.3) is 0 Å². The van der Waals surface area contributed by atoms with E-state index in [1.807, 2.05) is 30.3 Å². The molecule has 0 saturated heterocycles. The Balaban J connectivity index is 1.64. The van der Waals surface area contributed by atoms with Gasteiger partial charge in [0.15, 0.2) is 0 Å². The Bertz CT molecular complexity index is 583. The smallest absolute Gasteiger partial charge is 0.123 e. The summed E-state index contributed by atoms with van der Waals surface area (Å²) in [6, 6.07) is 16.4. The molecule has 0 N–H and O–H groups in total. The molecule has 0 spiro atoms. The quantitative estimate of drug-likeness (QED) is 0.727. The van der Waals surface area contributed by atoms with E-state index in [1.165, 1.54) is 11.1 Å². The average Bonchev–Trinajstić information content (AvgIpc) is 2.54. The van der Waals surface area contributed by atoms with Gasteiger partial charge in [0.25, 0.3) is 0 Å². The molecule has 3 heteroatoms. The Labute approximate surface area is 134 Å². The van der Waals surface area contributed by atoms with Gasteiger partial charge in [-0.3, -0.25) is 0 Å². The number of fused-ring (bicyclic) bond motifs is 1. The van der Waals surface area contributed by atoms with Gasteiger partial charge in [0.2, 0.25) is 0 Å². The summed E-state index contributed by atoms with van der Waals surface area (Å²) < 4.78 is 11.9. The van der Waals surface area contributed by atoms with Crippen LogP contribution in [0.3, 0.4) is 0 Å². The van der Waals surface area contributed by atoms with Gasteiger partial charge in [-0.2, -0.15) is 0 Å². The SMILES string of the molecule is BrCCC1CCc2cc(OCc3ccccc3)ccc2O1. The number of rotatable bonds is 5. The van der Waals surface area contributed by atoms with Gasteiger partial charge in [0.1, 0.15) is 18.1 Å². The third kappa shape index (κ3) is 3.79. The minimum Gasteiger partial charge on any atom is -0.490 e. The average molecular weight is 347 g/mol. The molecule has 2 aromatic carbocycles. The fourth-order valence-electron chi connectivity index (χ4n) is 2.58. The van der Waals surface area contributed by atoms with Crippen molar-refractivity contribution in [1.82, 2.24) is 0 Å². The summed E-state index contributed by atoms with van der Waals surface area (Å²) >= 11 is 3.48. The van der Waals surface area contributed by atoms with Gasteiger partial charge in [-0.1, -0.05) is 46.3 Å². The summed E-state index contributed by atoms with van der Waals surface area (Å²) in [7, 11) is 0. The number of halogens is 1. The van der Waals surface area contributed by atoms with Crippen LogP contribution in [0, 0.1) is 0 Å². The van der Waals surface area contributed by atoms with Crippen molar-refractivity contribution >= 4 is 15.9 Å². The molecule has 1 atom stereocenters. The van der Waals surface area contributed by atoms with Crippen molar-refractivity contribution in [2.45, 2.75) is 32.0 Å². The number of aryl methyl sites for hydroxylation is 1. The van der Waals surface area contributed by atoms with E-state index in [0.717, 1.165) is 36.1 Å². The molecule has 1 aliphatic rings. The van der Waals surface area contributed by atoms with E-state index in [-0.39, 0.29) is 0 Å². The van der Waals surface area contributed by atoms with Crippen molar-refractivity contribution in [3.63, 3.8) is 0 Å². The van der Waals surface area contributed by atoms with Gasteiger partial charge in [-0.25, -0.2) is 0 Å². The summed E-state index contributed by atoms with van der Waals surface area (Å²) in [5.41, 5.74) is 2.44. The van der Waals surface area contributed by atoms with Crippen LogP contribution in [0.15, 0.2) is 48.5 Å². The number of alkyl halides is 1. The maximum absolute atomic E-state index is 6.00. The summed E-state index contributed by atoms with van der Waals surface area (Å²) in [6.45, 7) is 0.604. The zero-order valence-electron chi connectivity index (χ0n) is 11.9. The highest BCUT2D eigenvalue weighted by Gasteiger charge is 2.19. The molecule has 0 aromatic heterocycles. The lowest BCUT2D eigenvalue weighted by molar-refractivity contribution is 0.170. The zero-order chi connectivity index (χ0) is 14.5. The normalized spacial score (nSPS) is 16.9. The molecule has 1 unspecified atom stereocenters. The molecule has 21 heavy (non-hydrogen) atoms. The minimum atomic E-state index is 0.341. The molecular formula is C18H19BrO2. The van der Waals surface area contributed by atoms with Crippen LogP contribution in [-0.4, -0.2) is 11.4 Å². The second kappa shape index (κ2) is 6.99. The Morgan fingerprint density at radius 1 is 1.14 bits per heavy atom. The molecule has 1 aliphatic heterocycles. The molecule has 0 radical (unpaired) electrons. The maximum atomic E-state index is 6.00. The summed E-state index contributed by atoms with van der Waals surface area (Å²) in [5.74, 6) is 1.93. The van der Waals surface area contributed by atoms with Crippen molar-refractivity contribution in [2.24, 2.45) is 0 Å².